The zero-order valence-corrected chi connectivity index (χ0v) is 29.6. The van der Waals surface area contributed by atoms with E-state index < -0.39 is 0 Å². The summed E-state index contributed by atoms with van der Waals surface area (Å²) >= 11 is 0. The van der Waals surface area contributed by atoms with Gasteiger partial charge in [-0.15, -0.1) is 12.1 Å². The van der Waals surface area contributed by atoms with Crippen LogP contribution in [0.15, 0.2) is 104 Å². The molecule has 6 heteroatoms. The molecule has 0 atom stereocenters. The molecule has 48 heavy (non-hydrogen) atoms. The molecule has 0 aliphatic carbocycles. The summed E-state index contributed by atoms with van der Waals surface area (Å²) < 4.78 is 11.0. The molecule has 4 aromatic heterocycles. The third kappa shape index (κ3) is 4.48. The second kappa shape index (κ2) is 11.0. The maximum Gasteiger partial charge on any atom is 2.00 e. The van der Waals surface area contributed by atoms with Gasteiger partial charge in [0.1, 0.15) is 0 Å². The Labute approximate surface area is 293 Å². The monoisotopic (exact) mass is 803 g/mol. The SMILES string of the molecule is Cc1cccc(C)c1-c1cnc2c3[c-]c(Oc4[c-]c5c(cc4)c4c(C(C)(C)C)cccc4n4ccnc54)ccc3c3ccccc3n12.[Pt+2]. The van der Waals surface area contributed by atoms with Crippen molar-refractivity contribution in [3.63, 3.8) is 0 Å². The van der Waals surface area contributed by atoms with Gasteiger partial charge >= 0.3 is 21.1 Å². The molecule has 0 saturated carbocycles. The van der Waals surface area contributed by atoms with E-state index in [1.165, 1.54) is 27.6 Å². The van der Waals surface area contributed by atoms with Crippen molar-refractivity contribution in [2.75, 3.05) is 0 Å². The van der Waals surface area contributed by atoms with Gasteiger partial charge in [0, 0.05) is 46.7 Å². The topological polar surface area (TPSA) is 43.8 Å². The third-order valence-electron chi connectivity index (χ3n) is 9.46. The number of para-hydroxylation sites is 1. The van der Waals surface area contributed by atoms with E-state index in [9.17, 15) is 0 Å². The Hall–Kier alpha value is -4.99. The van der Waals surface area contributed by atoms with Crippen molar-refractivity contribution in [3.8, 4) is 22.8 Å². The molecule has 0 amide bonds. The summed E-state index contributed by atoms with van der Waals surface area (Å²) in [6.45, 7) is 11.1. The van der Waals surface area contributed by atoms with E-state index in [0.29, 0.717) is 11.5 Å². The van der Waals surface area contributed by atoms with Crippen LogP contribution >= 0.6 is 0 Å². The van der Waals surface area contributed by atoms with Crippen molar-refractivity contribution < 1.29 is 25.8 Å². The fraction of sp³-hybridized carbons (Fsp3) is 0.143. The van der Waals surface area contributed by atoms with Gasteiger partial charge in [-0.3, -0.25) is 9.97 Å². The van der Waals surface area contributed by atoms with Crippen LogP contribution in [0.5, 0.6) is 11.5 Å². The average molecular weight is 804 g/mol. The van der Waals surface area contributed by atoms with E-state index in [2.05, 4.69) is 128 Å². The van der Waals surface area contributed by atoms with E-state index in [0.717, 1.165) is 55.0 Å². The molecule has 0 aliphatic heterocycles. The number of pyridine rings is 2. The van der Waals surface area contributed by atoms with Gasteiger partial charge in [-0.05, 0) is 58.9 Å². The van der Waals surface area contributed by atoms with Crippen LogP contribution in [-0.4, -0.2) is 18.8 Å². The van der Waals surface area contributed by atoms with E-state index in [1.807, 2.05) is 30.7 Å². The van der Waals surface area contributed by atoms with Crippen LogP contribution in [0.2, 0.25) is 0 Å². The average Bonchev–Trinajstić information content (AvgIpc) is 3.73. The number of hydrogen-bond donors (Lipinski definition) is 0. The fourth-order valence-electron chi connectivity index (χ4n) is 7.37. The van der Waals surface area contributed by atoms with Crippen molar-refractivity contribution in [2.45, 2.75) is 40.0 Å². The van der Waals surface area contributed by atoms with Crippen LogP contribution in [0.25, 0.3) is 65.9 Å². The molecule has 0 unspecified atom stereocenters. The van der Waals surface area contributed by atoms with Crippen molar-refractivity contribution >= 4 is 54.6 Å². The molecule has 0 saturated heterocycles. The van der Waals surface area contributed by atoms with Crippen LogP contribution in [0.4, 0.5) is 0 Å². The van der Waals surface area contributed by atoms with Crippen LogP contribution < -0.4 is 4.74 Å². The zero-order chi connectivity index (χ0) is 32.0. The number of rotatable bonds is 3. The summed E-state index contributed by atoms with van der Waals surface area (Å²) in [6, 6.07) is 36.9. The van der Waals surface area contributed by atoms with Gasteiger partial charge in [0.25, 0.3) is 0 Å². The van der Waals surface area contributed by atoms with Crippen LogP contribution in [0, 0.1) is 26.0 Å². The van der Waals surface area contributed by atoms with Gasteiger partial charge < -0.3 is 13.5 Å². The standard InChI is InChI=1S/C42H32N4O.Pt/c1-25-10-8-11-26(2)38(25)37-24-44-41-32-22-27(16-18-29(32)30-12-6-7-14-35(30)46(37)41)47-28-17-19-31-33(23-28)40-43-20-21-45(40)36-15-9-13-34(39(31)36)42(3,4)5;/h6-21,24H,1-5H3;/q-2;+2. The van der Waals surface area contributed by atoms with E-state index >= 15 is 0 Å². The minimum Gasteiger partial charge on any atom is -0.497 e. The van der Waals surface area contributed by atoms with E-state index in [1.54, 1.807) is 0 Å². The third-order valence-corrected chi connectivity index (χ3v) is 9.46. The van der Waals surface area contributed by atoms with Crippen LogP contribution in [0.3, 0.4) is 0 Å². The number of hydrogen-bond acceptors (Lipinski definition) is 3. The Morgan fingerprint density at radius 2 is 1.33 bits per heavy atom. The number of ether oxygens (including phenoxy) is 1. The quantitative estimate of drug-likeness (QED) is 0.132. The predicted octanol–water partition coefficient (Wildman–Crippen LogP) is 10.6. The zero-order valence-electron chi connectivity index (χ0n) is 27.3. The van der Waals surface area contributed by atoms with Crippen molar-refractivity contribution in [3.05, 3.63) is 132 Å². The van der Waals surface area contributed by atoms with Gasteiger partial charge in [-0.25, -0.2) is 0 Å². The first kappa shape index (κ1) is 30.3. The molecule has 9 aromatic rings. The Kier molecular flexibility index (Phi) is 6.98. The molecule has 0 radical (unpaired) electrons. The second-order valence-corrected chi connectivity index (χ2v) is 13.5. The van der Waals surface area contributed by atoms with Gasteiger partial charge in [0.05, 0.1) is 17.0 Å². The van der Waals surface area contributed by atoms with Crippen LogP contribution in [-0.2, 0) is 26.5 Å². The molecule has 0 aliphatic rings. The first-order chi connectivity index (χ1) is 22.8. The first-order valence-corrected chi connectivity index (χ1v) is 16.0. The molecule has 4 heterocycles. The Bertz CT molecular complexity index is 2710. The van der Waals surface area contributed by atoms with Gasteiger partial charge in [-0.2, -0.15) is 0 Å². The second-order valence-electron chi connectivity index (χ2n) is 13.5. The number of aromatic nitrogens is 4. The molecule has 5 nitrogen and oxygen atoms in total. The predicted molar refractivity (Wildman–Crippen MR) is 192 cm³/mol. The number of imidazole rings is 2. The molecule has 0 spiro atoms. The van der Waals surface area contributed by atoms with Crippen molar-refractivity contribution in [2.24, 2.45) is 0 Å². The summed E-state index contributed by atoms with van der Waals surface area (Å²) in [5, 5.41) is 6.40. The molecular weight excluding hydrogens is 772 g/mol. The summed E-state index contributed by atoms with van der Waals surface area (Å²) in [5.74, 6) is 1.22. The minimum atomic E-state index is -0.0317. The summed E-state index contributed by atoms with van der Waals surface area (Å²) in [6.07, 6.45) is 5.86. The maximum absolute atomic E-state index is 6.54. The fourth-order valence-corrected chi connectivity index (χ4v) is 7.37. The Morgan fingerprint density at radius 3 is 2.08 bits per heavy atom. The van der Waals surface area contributed by atoms with Gasteiger partial charge in [0.15, 0.2) is 0 Å². The summed E-state index contributed by atoms with van der Waals surface area (Å²) in [7, 11) is 0. The number of benzene rings is 5. The van der Waals surface area contributed by atoms with Crippen molar-refractivity contribution in [1.29, 1.82) is 0 Å². The van der Waals surface area contributed by atoms with E-state index in [4.69, 9.17) is 14.7 Å². The molecule has 0 fully saturated rings. The molecule has 9 rings (SSSR count). The molecule has 0 bridgehead atoms. The smallest absolute Gasteiger partial charge is 0.497 e. The first-order valence-electron chi connectivity index (χ1n) is 16.0. The number of nitrogens with zero attached hydrogens (tertiary/aromatic N) is 4. The normalized spacial score (nSPS) is 12.1. The van der Waals surface area contributed by atoms with E-state index in [-0.39, 0.29) is 26.5 Å². The Balaban J connectivity index is 0.00000336. The molecule has 5 aromatic carbocycles. The van der Waals surface area contributed by atoms with Gasteiger partial charge in [-0.1, -0.05) is 115 Å². The summed E-state index contributed by atoms with van der Waals surface area (Å²) in [4.78, 5) is 9.73. The molecular formula is C42H32N4OPt. The van der Waals surface area contributed by atoms with Crippen LogP contribution in [0.1, 0.15) is 37.5 Å². The summed E-state index contributed by atoms with van der Waals surface area (Å²) in [5.41, 5.74) is 9.93. The molecule has 0 N–H and O–H groups in total. The van der Waals surface area contributed by atoms with Gasteiger partial charge in [0.2, 0.25) is 0 Å². The Morgan fingerprint density at radius 1 is 0.667 bits per heavy atom. The minimum absolute atomic E-state index is 0. The maximum atomic E-state index is 6.54. The molecule has 236 valence electrons. The number of aryl methyl sites for hydroxylation is 2. The largest absolute Gasteiger partial charge is 2.00 e. The van der Waals surface area contributed by atoms with Crippen molar-refractivity contribution in [1.82, 2.24) is 18.8 Å². The number of fused-ring (bicyclic) bond motifs is 12.